The van der Waals surface area contributed by atoms with E-state index in [9.17, 15) is 0 Å². The molecule has 0 aliphatic carbocycles. The van der Waals surface area contributed by atoms with Gasteiger partial charge in [-0.1, -0.05) is 0 Å². The summed E-state index contributed by atoms with van der Waals surface area (Å²) in [6.07, 6.45) is 4.84. The SMILES string of the molecule is CC1CC(Nc2ccc3[nH]ccc3c2)CC(C)O1. The average molecular weight is 244 g/mol. The third-order valence-electron chi connectivity index (χ3n) is 3.62. The van der Waals surface area contributed by atoms with Crippen molar-refractivity contribution in [3.8, 4) is 0 Å². The van der Waals surface area contributed by atoms with Gasteiger partial charge < -0.3 is 15.0 Å². The van der Waals surface area contributed by atoms with Gasteiger partial charge in [-0.2, -0.15) is 0 Å². The lowest BCUT2D eigenvalue weighted by molar-refractivity contribution is -0.0337. The zero-order valence-corrected chi connectivity index (χ0v) is 10.9. The Bertz CT molecular complexity index is 524. The second kappa shape index (κ2) is 4.65. The number of rotatable bonds is 2. The highest BCUT2D eigenvalue weighted by atomic mass is 16.5. The summed E-state index contributed by atoms with van der Waals surface area (Å²) in [5.41, 5.74) is 2.39. The van der Waals surface area contributed by atoms with E-state index in [0.717, 1.165) is 12.8 Å². The predicted octanol–water partition coefficient (Wildman–Crippen LogP) is 3.54. The normalized spacial score (nSPS) is 28.4. The number of H-pyrrole nitrogens is 1. The van der Waals surface area contributed by atoms with Gasteiger partial charge in [-0.25, -0.2) is 0 Å². The molecule has 2 aromatic rings. The second-order valence-corrected chi connectivity index (χ2v) is 5.35. The van der Waals surface area contributed by atoms with Crippen LogP contribution in [0.1, 0.15) is 26.7 Å². The lowest BCUT2D eigenvalue weighted by atomic mass is 9.99. The zero-order valence-electron chi connectivity index (χ0n) is 10.9. The molecule has 2 atom stereocenters. The number of fused-ring (bicyclic) bond motifs is 1. The van der Waals surface area contributed by atoms with Crippen LogP contribution in [0.2, 0.25) is 0 Å². The Labute approximate surface area is 108 Å². The highest BCUT2D eigenvalue weighted by Gasteiger charge is 2.24. The molecule has 3 nitrogen and oxygen atoms in total. The van der Waals surface area contributed by atoms with Crippen molar-refractivity contribution in [2.24, 2.45) is 0 Å². The van der Waals surface area contributed by atoms with E-state index >= 15 is 0 Å². The first-order chi connectivity index (χ1) is 8.70. The Balaban J connectivity index is 1.74. The molecule has 0 radical (unpaired) electrons. The standard InChI is InChI=1S/C15H20N2O/c1-10-7-14(8-11(2)18-10)17-13-3-4-15-12(9-13)5-6-16-15/h3-6,9-11,14,16-17H,7-8H2,1-2H3. The van der Waals surface area contributed by atoms with E-state index in [1.807, 2.05) is 6.20 Å². The Morgan fingerprint density at radius 2 is 1.94 bits per heavy atom. The van der Waals surface area contributed by atoms with E-state index in [1.54, 1.807) is 0 Å². The van der Waals surface area contributed by atoms with Crippen LogP contribution in [0, 0.1) is 0 Å². The number of nitrogens with one attached hydrogen (secondary N) is 2. The lowest BCUT2D eigenvalue weighted by Crippen LogP contribution is -2.36. The molecule has 0 spiro atoms. The van der Waals surface area contributed by atoms with E-state index < -0.39 is 0 Å². The third-order valence-corrected chi connectivity index (χ3v) is 3.62. The van der Waals surface area contributed by atoms with Crippen LogP contribution in [0.15, 0.2) is 30.5 Å². The van der Waals surface area contributed by atoms with E-state index in [4.69, 9.17) is 4.74 Å². The topological polar surface area (TPSA) is 37.0 Å². The molecule has 3 rings (SSSR count). The fraction of sp³-hybridized carbons (Fsp3) is 0.467. The van der Waals surface area contributed by atoms with Gasteiger partial charge in [-0.05, 0) is 51.0 Å². The molecule has 1 saturated heterocycles. The number of anilines is 1. The van der Waals surface area contributed by atoms with Gasteiger partial charge in [0.1, 0.15) is 0 Å². The fourth-order valence-electron chi connectivity index (χ4n) is 2.90. The second-order valence-electron chi connectivity index (χ2n) is 5.35. The van der Waals surface area contributed by atoms with Crippen LogP contribution in [0.25, 0.3) is 10.9 Å². The number of hydrogen-bond donors (Lipinski definition) is 2. The molecule has 0 bridgehead atoms. The van der Waals surface area contributed by atoms with Crippen LogP contribution in [-0.2, 0) is 4.74 Å². The van der Waals surface area contributed by atoms with Gasteiger partial charge in [-0.3, -0.25) is 0 Å². The number of aromatic amines is 1. The molecule has 96 valence electrons. The molecule has 2 N–H and O–H groups in total. The Morgan fingerprint density at radius 1 is 1.17 bits per heavy atom. The van der Waals surface area contributed by atoms with Crippen LogP contribution in [0.3, 0.4) is 0 Å². The lowest BCUT2D eigenvalue weighted by Gasteiger charge is -2.33. The number of aromatic nitrogens is 1. The maximum absolute atomic E-state index is 5.77. The third kappa shape index (κ3) is 2.36. The first-order valence-corrected chi connectivity index (χ1v) is 6.70. The Hall–Kier alpha value is -1.48. The maximum atomic E-state index is 5.77. The molecule has 1 fully saturated rings. The van der Waals surface area contributed by atoms with Gasteiger partial charge >= 0.3 is 0 Å². The Kier molecular flexibility index (Phi) is 3.00. The molecule has 3 heteroatoms. The van der Waals surface area contributed by atoms with Gasteiger partial charge in [0, 0.05) is 28.8 Å². The van der Waals surface area contributed by atoms with Crippen molar-refractivity contribution in [3.63, 3.8) is 0 Å². The van der Waals surface area contributed by atoms with Crippen molar-refractivity contribution in [2.45, 2.75) is 44.9 Å². The molecular weight excluding hydrogens is 224 g/mol. The molecule has 2 heterocycles. The van der Waals surface area contributed by atoms with Crippen molar-refractivity contribution in [1.29, 1.82) is 0 Å². The largest absolute Gasteiger partial charge is 0.382 e. The van der Waals surface area contributed by atoms with Crippen LogP contribution < -0.4 is 5.32 Å². The molecule has 1 aromatic heterocycles. The van der Waals surface area contributed by atoms with E-state index in [0.29, 0.717) is 18.2 Å². The van der Waals surface area contributed by atoms with Crippen molar-refractivity contribution in [2.75, 3.05) is 5.32 Å². The van der Waals surface area contributed by atoms with Gasteiger partial charge in [-0.15, -0.1) is 0 Å². The quantitative estimate of drug-likeness (QED) is 0.848. The van der Waals surface area contributed by atoms with Crippen molar-refractivity contribution in [1.82, 2.24) is 4.98 Å². The van der Waals surface area contributed by atoms with Crippen LogP contribution in [0.4, 0.5) is 5.69 Å². The molecular formula is C15H20N2O. The molecule has 1 aliphatic heterocycles. The van der Waals surface area contributed by atoms with Gasteiger partial charge in [0.15, 0.2) is 0 Å². The summed E-state index contributed by atoms with van der Waals surface area (Å²) < 4.78 is 5.77. The molecule has 1 aromatic carbocycles. The number of hydrogen-bond acceptors (Lipinski definition) is 2. The zero-order chi connectivity index (χ0) is 12.5. The number of ether oxygens (including phenoxy) is 1. The molecule has 0 amide bonds. The summed E-state index contributed by atoms with van der Waals surface area (Å²) in [4.78, 5) is 3.22. The summed E-state index contributed by atoms with van der Waals surface area (Å²) in [6.45, 7) is 4.30. The van der Waals surface area contributed by atoms with Crippen molar-refractivity contribution < 1.29 is 4.74 Å². The fourth-order valence-corrected chi connectivity index (χ4v) is 2.90. The summed E-state index contributed by atoms with van der Waals surface area (Å²) in [5, 5.41) is 4.89. The summed E-state index contributed by atoms with van der Waals surface area (Å²) >= 11 is 0. The monoisotopic (exact) mass is 244 g/mol. The first-order valence-electron chi connectivity index (χ1n) is 6.70. The molecule has 18 heavy (non-hydrogen) atoms. The van der Waals surface area contributed by atoms with E-state index in [1.165, 1.54) is 16.6 Å². The summed E-state index contributed by atoms with van der Waals surface area (Å²) in [6, 6.07) is 9.10. The Morgan fingerprint density at radius 3 is 2.72 bits per heavy atom. The molecule has 2 unspecified atom stereocenters. The number of benzene rings is 1. The van der Waals surface area contributed by atoms with Crippen LogP contribution >= 0.6 is 0 Å². The maximum Gasteiger partial charge on any atom is 0.0570 e. The smallest absolute Gasteiger partial charge is 0.0570 e. The van der Waals surface area contributed by atoms with Gasteiger partial charge in [0.2, 0.25) is 0 Å². The highest BCUT2D eigenvalue weighted by Crippen LogP contribution is 2.24. The minimum absolute atomic E-state index is 0.349. The van der Waals surface area contributed by atoms with Gasteiger partial charge in [0.05, 0.1) is 12.2 Å². The summed E-state index contributed by atoms with van der Waals surface area (Å²) in [5.74, 6) is 0. The van der Waals surface area contributed by atoms with E-state index in [2.05, 4.69) is 48.4 Å². The molecule has 0 saturated carbocycles. The van der Waals surface area contributed by atoms with E-state index in [-0.39, 0.29) is 0 Å². The minimum Gasteiger partial charge on any atom is -0.382 e. The minimum atomic E-state index is 0.349. The van der Waals surface area contributed by atoms with Crippen LogP contribution in [0.5, 0.6) is 0 Å². The van der Waals surface area contributed by atoms with Crippen LogP contribution in [-0.4, -0.2) is 23.2 Å². The predicted molar refractivity (Wildman–Crippen MR) is 75.0 cm³/mol. The first kappa shape index (κ1) is 11.6. The van der Waals surface area contributed by atoms with Gasteiger partial charge in [0.25, 0.3) is 0 Å². The molecule has 1 aliphatic rings. The van der Waals surface area contributed by atoms with Crippen molar-refractivity contribution in [3.05, 3.63) is 30.5 Å². The summed E-state index contributed by atoms with van der Waals surface area (Å²) in [7, 11) is 0. The highest BCUT2D eigenvalue weighted by molar-refractivity contribution is 5.83. The average Bonchev–Trinajstić information content (AvgIpc) is 2.74. The van der Waals surface area contributed by atoms with Crippen molar-refractivity contribution >= 4 is 16.6 Å².